The van der Waals surface area contributed by atoms with Gasteiger partial charge in [-0.2, -0.15) is 0 Å². The first-order chi connectivity index (χ1) is 18.2. The molecule has 0 aliphatic carbocycles. The van der Waals surface area contributed by atoms with Crippen LogP contribution >= 0.6 is 0 Å². The minimum Gasteiger partial charge on any atom is -0.444 e. The van der Waals surface area contributed by atoms with E-state index in [0.717, 1.165) is 11.6 Å². The quantitative estimate of drug-likeness (QED) is 0.484. The first-order valence-electron chi connectivity index (χ1n) is 13.3. The third-order valence-corrected chi connectivity index (χ3v) is 7.06. The third kappa shape index (κ3) is 6.94. The topological polar surface area (TPSA) is 68.3 Å². The standard InChI is InChI=1S/C30H38F2N2O5/c1-19(35)34-26(14-21-12-22(31)15-23(32)13-21)27(38-30(34,5)6)25-16-24(37-18-20-10-8-7-9-11-20)17-33(25)28(36)39-29(2,3)4/h7-13,15,24-27H,14,16-18H2,1-6H3/t24-,25-,26+,27-/m1/s1. The Balaban J connectivity index is 1.65. The van der Waals surface area contributed by atoms with Crippen molar-refractivity contribution in [2.75, 3.05) is 6.54 Å². The number of rotatable bonds is 6. The number of ether oxygens (including phenoxy) is 3. The molecular weight excluding hydrogens is 506 g/mol. The molecule has 4 rings (SSSR count). The molecule has 2 fully saturated rings. The summed E-state index contributed by atoms with van der Waals surface area (Å²) in [6.45, 7) is 11.1. The van der Waals surface area contributed by atoms with Gasteiger partial charge in [0.15, 0.2) is 0 Å². The smallest absolute Gasteiger partial charge is 0.410 e. The van der Waals surface area contributed by atoms with Gasteiger partial charge in [0.1, 0.15) is 29.1 Å². The zero-order valence-corrected chi connectivity index (χ0v) is 23.4. The van der Waals surface area contributed by atoms with E-state index in [1.807, 2.05) is 30.3 Å². The van der Waals surface area contributed by atoms with Crippen LogP contribution in [0.15, 0.2) is 48.5 Å². The van der Waals surface area contributed by atoms with Crippen LogP contribution in [0.5, 0.6) is 0 Å². The lowest BCUT2D eigenvalue weighted by Gasteiger charge is -2.34. The second kappa shape index (κ2) is 11.2. The molecule has 0 N–H and O–H groups in total. The molecule has 39 heavy (non-hydrogen) atoms. The molecule has 0 radical (unpaired) electrons. The molecule has 2 aliphatic rings. The van der Waals surface area contributed by atoms with E-state index in [0.29, 0.717) is 18.6 Å². The average molecular weight is 545 g/mol. The first kappa shape index (κ1) is 29.0. The molecule has 0 bridgehead atoms. The third-order valence-electron chi connectivity index (χ3n) is 7.06. The van der Waals surface area contributed by atoms with Crippen molar-refractivity contribution in [3.63, 3.8) is 0 Å². The number of hydrogen-bond donors (Lipinski definition) is 0. The van der Waals surface area contributed by atoms with E-state index in [9.17, 15) is 18.4 Å². The summed E-state index contributed by atoms with van der Waals surface area (Å²) in [5, 5.41) is 0. The summed E-state index contributed by atoms with van der Waals surface area (Å²) >= 11 is 0. The normalized spacial score (nSPS) is 24.7. The molecule has 212 valence electrons. The Hall–Kier alpha value is -3.04. The summed E-state index contributed by atoms with van der Waals surface area (Å²) in [6.07, 6.45) is -0.846. The van der Waals surface area contributed by atoms with E-state index < -0.39 is 47.2 Å². The summed E-state index contributed by atoms with van der Waals surface area (Å²) in [6, 6.07) is 12.0. The van der Waals surface area contributed by atoms with E-state index in [1.165, 1.54) is 19.1 Å². The van der Waals surface area contributed by atoms with E-state index in [2.05, 4.69) is 0 Å². The van der Waals surface area contributed by atoms with Crippen molar-refractivity contribution >= 4 is 12.0 Å². The maximum absolute atomic E-state index is 14.1. The van der Waals surface area contributed by atoms with Gasteiger partial charge >= 0.3 is 6.09 Å². The van der Waals surface area contributed by atoms with E-state index in [4.69, 9.17) is 14.2 Å². The second-order valence-corrected chi connectivity index (χ2v) is 11.8. The van der Waals surface area contributed by atoms with Gasteiger partial charge in [0, 0.05) is 13.0 Å². The van der Waals surface area contributed by atoms with Gasteiger partial charge in [-0.15, -0.1) is 0 Å². The molecule has 2 aliphatic heterocycles. The maximum Gasteiger partial charge on any atom is 0.410 e. The highest BCUT2D eigenvalue weighted by molar-refractivity contribution is 5.75. The lowest BCUT2D eigenvalue weighted by molar-refractivity contribution is -0.145. The van der Waals surface area contributed by atoms with Crippen molar-refractivity contribution in [2.45, 2.75) is 96.6 Å². The minimum absolute atomic E-state index is 0.149. The fourth-order valence-corrected chi connectivity index (χ4v) is 5.72. The van der Waals surface area contributed by atoms with Crippen molar-refractivity contribution in [3.8, 4) is 0 Å². The molecule has 4 atom stereocenters. The van der Waals surface area contributed by atoms with Crippen LogP contribution in [0.1, 0.15) is 59.1 Å². The van der Waals surface area contributed by atoms with Gasteiger partial charge in [0.25, 0.3) is 0 Å². The number of carbonyl (C=O) groups excluding carboxylic acids is 2. The number of nitrogens with zero attached hydrogens (tertiary/aromatic N) is 2. The molecular formula is C30H38F2N2O5. The van der Waals surface area contributed by atoms with Crippen LogP contribution < -0.4 is 0 Å². The minimum atomic E-state index is -1.00. The highest BCUT2D eigenvalue weighted by Crippen LogP contribution is 2.40. The molecule has 0 aromatic heterocycles. The Morgan fingerprint density at radius 2 is 1.69 bits per heavy atom. The summed E-state index contributed by atoms with van der Waals surface area (Å²) in [4.78, 5) is 29.5. The van der Waals surface area contributed by atoms with E-state index in [1.54, 1.807) is 44.4 Å². The molecule has 2 saturated heterocycles. The highest BCUT2D eigenvalue weighted by Gasteiger charge is 2.55. The summed E-state index contributed by atoms with van der Waals surface area (Å²) in [5.41, 5.74) is -0.314. The average Bonchev–Trinajstić information content (AvgIpc) is 3.34. The summed E-state index contributed by atoms with van der Waals surface area (Å²) < 4.78 is 46.6. The van der Waals surface area contributed by atoms with Crippen LogP contribution in [0, 0.1) is 11.6 Å². The predicted molar refractivity (Wildman–Crippen MR) is 142 cm³/mol. The molecule has 9 heteroatoms. The molecule has 0 saturated carbocycles. The SMILES string of the molecule is CC(=O)N1[C@@H](Cc2cc(F)cc(F)c2)[C@@H]([C@H]2C[C@@H](OCc3ccccc3)CN2C(=O)OC(C)(C)C)OC1(C)C. The summed E-state index contributed by atoms with van der Waals surface area (Å²) in [7, 11) is 0. The van der Waals surface area contributed by atoms with E-state index >= 15 is 0 Å². The molecule has 0 spiro atoms. The highest BCUT2D eigenvalue weighted by atomic mass is 19.1. The van der Waals surface area contributed by atoms with Crippen LogP contribution in [0.25, 0.3) is 0 Å². The Morgan fingerprint density at radius 3 is 2.28 bits per heavy atom. The van der Waals surface area contributed by atoms with Crippen LogP contribution in [0.2, 0.25) is 0 Å². The Kier molecular flexibility index (Phi) is 8.33. The van der Waals surface area contributed by atoms with E-state index in [-0.39, 0.29) is 25.0 Å². The first-order valence-corrected chi connectivity index (χ1v) is 13.3. The van der Waals surface area contributed by atoms with Crippen molar-refractivity contribution in [1.82, 2.24) is 9.80 Å². The van der Waals surface area contributed by atoms with Crippen LogP contribution in [0.4, 0.5) is 13.6 Å². The van der Waals surface area contributed by atoms with Gasteiger partial charge in [-0.1, -0.05) is 30.3 Å². The molecule has 2 heterocycles. The van der Waals surface area contributed by atoms with Gasteiger partial charge in [-0.3, -0.25) is 9.69 Å². The zero-order chi connectivity index (χ0) is 28.5. The number of halogens is 2. The Labute approximate surface area is 229 Å². The number of likely N-dealkylation sites (tertiary alicyclic amines) is 1. The van der Waals surface area contributed by atoms with Gasteiger partial charge in [0.05, 0.1) is 31.3 Å². The van der Waals surface area contributed by atoms with Crippen molar-refractivity contribution in [1.29, 1.82) is 0 Å². The van der Waals surface area contributed by atoms with Crippen molar-refractivity contribution < 1.29 is 32.6 Å². The van der Waals surface area contributed by atoms with Crippen LogP contribution in [-0.4, -0.2) is 64.0 Å². The van der Waals surface area contributed by atoms with Crippen LogP contribution in [-0.2, 0) is 32.0 Å². The lowest BCUT2D eigenvalue weighted by Crippen LogP contribution is -2.52. The second-order valence-electron chi connectivity index (χ2n) is 11.8. The molecule has 2 amide bonds. The van der Waals surface area contributed by atoms with Gasteiger partial charge < -0.3 is 19.1 Å². The monoisotopic (exact) mass is 544 g/mol. The fraction of sp³-hybridized carbons (Fsp3) is 0.533. The van der Waals surface area contributed by atoms with Crippen molar-refractivity contribution in [2.24, 2.45) is 0 Å². The van der Waals surface area contributed by atoms with Crippen LogP contribution in [0.3, 0.4) is 0 Å². The molecule has 2 aromatic rings. The molecule has 0 unspecified atom stereocenters. The number of hydrogen-bond acceptors (Lipinski definition) is 5. The number of carbonyl (C=O) groups is 2. The molecule has 7 nitrogen and oxygen atoms in total. The number of benzene rings is 2. The molecule has 2 aromatic carbocycles. The fourth-order valence-electron chi connectivity index (χ4n) is 5.72. The maximum atomic E-state index is 14.1. The lowest BCUT2D eigenvalue weighted by atomic mass is 9.94. The largest absolute Gasteiger partial charge is 0.444 e. The van der Waals surface area contributed by atoms with Crippen molar-refractivity contribution in [3.05, 3.63) is 71.3 Å². The van der Waals surface area contributed by atoms with Gasteiger partial charge in [-0.25, -0.2) is 13.6 Å². The zero-order valence-electron chi connectivity index (χ0n) is 23.4. The summed E-state index contributed by atoms with van der Waals surface area (Å²) in [5.74, 6) is -1.62. The Bertz CT molecular complexity index is 1160. The predicted octanol–water partition coefficient (Wildman–Crippen LogP) is 5.45. The number of amides is 2. The van der Waals surface area contributed by atoms with Gasteiger partial charge in [0.2, 0.25) is 5.91 Å². The van der Waals surface area contributed by atoms with Gasteiger partial charge in [-0.05, 0) is 70.7 Å². The Morgan fingerprint density at radius 1 is 1.05 bits per heavy atom.